The van der Waals surface area contributed by atoms with Gasteiger partial charge in [-0.15, -0.1) is 0 Å². The third-order valence-electron chi connectivity index (χ3n) is 11.7. The number of unbranched alkanes of at least 4 members (excludes halogenated alkanes) is 23. The van der Waals surface area contributed by atoms with Crippen molar-refractivity contribution in [1.82, 2.24) is 5.32 Å². The number of hydrogen-bond donors (Lipinski definition) is 3. The van der Waals surface area contributed by atoms with Gasteiger partial charge in [0.25, 0.3) is 0 Å². The molecule has 65 heavy (non-hydrogen) atoms. The van der Waals surface area contributed by atoms with Crippen LogP contribution in [0.1, 0.15) is 239 Å². The van der Waals surface area contributed by atoms with E-state index in [9.17, 15) is 15.0 Å². The van der Waals surface area contributed by atoms with Crippen LogP contribution in [-0.4, -0.2) is 34.9 Å². The molecule has 370 valence electrons. The van der Waals surface area contributed by atoms with Crippen molar-refractivity contribution in [3.8, 4) is 0 Å². The first-order chi connectivity index (χ1) is 32.2. The molecule has 4 heteroatoms. The summed E-state index contributed by atoms with van der Waals surface area (Å²) >= 11 is 0. The summed E-state index contributed by atoms with van der Waals surface area (Å²) in [7, 11) is 0. The highest BCUT2D eigenvalue weighted by molar-refractivity contribution is 5.76. The zero-order chi connectivity index (χ0) is 47.0. The molecular weight excluding hydrogens is 795 g/mol. The molecular formula is C61H103NO3. The Balaban J connectivity index is 3.60. The Kier molecular flexibility index (Phi) is 52.4. The maximum Gasteiger partial charge on any atom is 0.220 e. The summed E-state index contributed by atoms with van der Waals surface area (Å²) in [4.78, 5) is 12.4. The molecule has 0 fully saturated rings. The van der Waals surface area contributed by atoms with Crippen molar-refractivity contribution < 1.29 is 15.0 Å². The molecule has 1 amide bonds. The van der Waals surface area contributed by atoms with Crippen molar-refractivity contribution in [2.24, 2.45) is 0 Å². The third-order valence-corrected chi connectivity index (χ3v) is 11.7. The molecule has 0 heterocycles. The lowest BCUT2D eigenvalue weighted by Crippen LogP contribution is -2.45. The van der Waals surface area contributed by atoms with Gasteiger partial charge in [-0.25, -0.2) is 0 Å². The van der Waals surface area contributed by atoms with Crippen LogP contribution in [0.3, 0.4) is 0 Å². The molecule has 0 aliphatic heterocycles. The summed E-state index contributed by atoms with van der Waals surface area (Å²) in [6.45, 7) is 4.18. The first-order valence-corrected chi connectivity index (χ1v) is 27.2. The second-order valence-electron chi connectivity index (χ2n) is 17.9. The number of nitrogens with one attached hydrogen (secondary N) is 1. The maximum absolute atomic E-state index is 12.4. The van der Waals surface area contributed by atoms with Crippen LogP contribution in [0.25, 0.3) is 0 Å². The lowest BCUT2D eigenvalue weighted by atomic mass is 10.0. The third kappa shape index (κ3) is 51.6. The summed E-state index contributed by atoms with van der Waals surface area (Å²) in [5.41, 5.74) is 0. The number of aliphatic hydroxyl groups excluding tert-OH is 2. The monoisotopic (exact) mass is 898 g/mol. The highest BCUT2D eigenvalue weighted by atomic mass is 16.3. The highest BCUT2D eigenvalue weighted by Crippen LogP contribution is 2.14. The highest BCUT2D eigenvalue weighted by Gasteiger charge is 2.17. The van der Waals surface area contributed by atoms with Crippen molar-refractivity contribution in [3.05, 3.63) is 122 Å². The van der Waals surface area contributed by atoms with Crippen molar-refractivity contribution >= 4 is 5.91 Å². The molecule has 0 spiro atoms. The van der Waals surface area contributed by atoms with Crippen LogP contribution in [0, 0.1) is 0 Å². The van der Waals surface area contributed by atoms with Crippen LogP contribution >= 0.6 is 0 Å². The second-order valence-corrected chi connectivity index (χ2v) is 17.9. The zero-order valence-corrected chi connectivity index (χ0v) is 42.5. The van der Waals surface area contributed by atoms with E-state index in [0.717, 1.165) is 83.5 Å². The molecule has 0 aromatic rings. The predicted molar refractivity (Wildman–Crippen MR) is 289 cm³/mol. The number of carbonyl (C=O) groups excluding carboxylic acids is 1. The molecule has 0 saturated carbocycles. The van der Waals surface area contributed by atoms with Gasteiger partial charge in [-0.1, -0.05) is 257 Å². The zero-order valence-electron chi connectivity index (χ0n) is 42.5. The minimum atomic E-state index is -0.870. The van der Waals surface area contributed by atoms with Gasteiger partial charge in [-0.3, -0.25) is 4.79 Å². The van der Waals surface area contributed by atoms with Gasteiger partial charge in [0.2, 0.25) is 5.91 Å². The molecule has 0 aliphatic carbocycles. The Hall–Kier alpha value is -3.21. The molecule has 0 rings (SSSR count). The fourth-order valence-electron chi connectivity index (χ4n) is 7.56. The van der Waals surface area contributed by atoms with E-state index in [1.54, 1.807) is 6.08 Å². The Morgan fingerprint density at radius 2 is 0.692 bits per heavy atom. The molecule has 0 saturated heterocycles. The molecule has 0 aromatic carbocycles. The lowest BCUT2D eigenvalue weighted by molar-refractivity contribution is -0.123. The predicted octanol–water partition coefficient (Wildman–Crippen LogP) is 18.1. The first-order valence-electron chi connectivity index (χ1n) is 27.2. The largest absolute Gasteiger partial charge is 0.394 e. The van der Waals surface area contributed by atoms with E-state index < -0.39 is 12.1 Å². The van der Waals surface area contributed by atoms with E-state index in [4.69, 9.17) is 0 Å². The van der Waals surface area contributed by atoms with Crippen LogP contribution < -0.4 is 5.32 Å². The summed E-state index contributed by atoms with van der Waals surface area (Å²) < 4.78 is 0. The van der Waals surface area contributed by atoms with Crippen molar-refractivity contribution in [3.63, 3.8) is 0 Å². The van der Waals surface area contributed by atoms with Gasteiger partial charge >= 0.3 is 0 Å². The van der Waals surface area contributed by atoms with Gasteiger partial charge in [0.1, 0.15) is 0 Å². The molecule has 0 aliphatic rings. The fourth-order valence-corrected chi connectivity index (χ4v) is 7.56. The quantitative estimate of drug-likeness (QED) is 0.0421. The minimum absolute atomic E-state index is 0.0806. The smallest absolute Gasteiger partial charge is 0.220 e. The van der Waals surface area contributed by atoms with Gasteiger partial charge in [0, 0.05) is 6.42 Å². The number of allylic oxidation sites excluding steroid dienone is 19. The molecule has 0 bridgehead atoms. The molecule has 0 aromatic heterocycles. The summed E-state index contributed by atoms with van der Waals surface area (Å²) in [6.07, 6.45) is 84.9. The summed E-state index contributed by atoms with van der Waals surface area (Å²) in [5, 5.41) is 23.1. The van der Waals surface area contributed by atoms with Crippen molar-refractivity contribution in [1.29, 1.82) is 0 Å². The fraction of sp³-hybridized carbons (Fsp3) is 0.656. The Morgan fingerprint density at radius 1 is 0.385 bits per heavy atom. The lowest BCUT2D eigenvalue weighted by Gasteiger charge is -2.19. The van der Waals surface area contributed by atoms with Gasteiger partial charge in [0.15, 0.2) is 0 Å². The van der Waals surface area contributed by atoms with Gasteiger partial charge in [-0.2, -0.15) is 0 Å². The van der Waals surface area contributed by atoms with Crippen LogP contribution in [0.5, 0.6) is 0 Å². The van der Waals surface area contributed by atoms with Gasteiger partial charge < -0.3 is 15.5 Å². The Labute approximate surface area is 403 Å². The van der Waals surface area contributed by atoms with E-state index in [2.05, 4.69) is 129 Å². The molecule has 2 unspecified atom stereocenters. The number of carbonyl (C=O) groups is 1. The van der Waals surface area contributed by atoms with Crippen LogP contribution in [0.2, 0.25) is 0 Å². The molecule has 0 radical (unpaired) electrons. The van der Waals surface area contributed by atoms with Crippen molar-refractivity contribution in [2.45, 2.75) is 251 Å². The summed E-state index contributed by atoms with van der Waals surface area (Å²) in [6, 6.07) is -0.647. The molecule has 2 atom stereocenters. The van der Waals surface area contributed by atoms with E-state index in [0.29, 0.717) is 6.42 Å². The summed E-state index contributed by atoms with van der Waals surface area (Å²) in [5.74, 6) is -0.0806. The topological polar surface area (TPSA) is 69.6 Å². The number of hydrogen-bond acceptors (Lipinski definition) is 3. The van der Waals surface area contributed by atoms with Crippen LogP contribution in [0.15, 0.2) is 122 Å². The second kappa shape index (κ2) is 55.1. The number of aliphatic hydroxyl groups is 2. The first kappa shape index (κ1) is 61.8. The van der Waals surface area contributed by atoms with Crippen LogP contribution in [-0.2, 0) is 4.79 Å². The number of amides is 1. The van der Waals surface area contributed by atoms with E-state index in [1.165, 1.54) is 135 Å². The molecule has 3 N–H and O–H groups in total. The normalized spacial score (nSPS) is 13.8. The maximum atomic E-state index is 12.4. The average molecular weight is 898 g/mol. The average Bonchev–Trinajstić information content (AvgIpc) is 3.31. The number of rotatable bonds is 48. The van der Waals surface area contributed by atoms with Gasteiger partial charge in [0.05, 0.1) is 18.8 Å². The minimum Gasteiger partial charge on any atom is -0.394 e. The van der Waals surface area contributed by atoms with Gasteiger partial charge in [-0.05, 0) is 96.3 Å². The van der Waals surface area contributed by atoms with E-state index >= 15 is 0 Å². The SMILES string of the molecule is CC/C=C\C/C=C\C/C=C\C/C=C\C/C=C\C/C=C\C/C=C\C/C=C\CCCCCCCCCCCCCCC(=O)NC(CO)C(O)/C=C/CC/C=C/CCCCCCCCCCCC. The van der Waals surface area contributed by atoms with Crippen molar-refractivity contribution in [2.75, 3.05) is 6.61 Å². The Morgan fingerprint density at radius 3 is 1.08 bits per heavy atom. The van der Waals surface area contributed by atoms with Crippen LogP contribution in [0.4, 0.5) is 0 Å². The molecule has 4 nitrogen and oxygen atoms in total. The standard InChI is InChI=1S/C61H103NO3/c1-3-5-7-9-11-13-15-17-19-21-22-23-24-25-26-27-28-29-30-31-32-33-34-35-36-37-38-39-40-41-43-45-47-49-51-53-55-57-61(65)62-59(58-63)60(64)56-54-52-50-48-46-44-42-20-18-16-14-12-10-8-6-4-2/h5,7,11,13,17,19,22-23,25-26,28-29,31-32,34-35,46,48,54,56,59-60,63-64H,3-4,6,8-10,12,14-16,18,20-21,24,27,30,33,36-45,47,49-53,55,57-58H2,1-2H3,(H,62,65)/b7-5-,13-11-,19-17-,23-22-,26-25-,29-28-,32-31-,35-34-,48-46+,56-54+. The van der Waals surface area contributed by atoms with E-state index in [-0.39, 0.29) is 12.5 Å². The van der Waals surface area contributed by atoms with E-state index in [1.807, 2.05) is 6.08 Å². The Bertz CT molecular complexity index is 1290.